The number of benzene rings is 2. The maximum absolute atomic E-state index is 11.9. The lowest BCUT2D eigenvalue weighted by atomic mass is 9.89. The van der Waals surface area contributed by atoms with E-state index in [1.54, 1.807) is 25.1 Å². The van der Waals surface area contributed by atoms with Gasteiger partial charge in [0.05, 0.1) is 18.2 Å². The van der Waals surface area contributed by atoms with Crippen LogP contribution in [0.25, 0.3) is 0 Å². The molecule has 0 spiro atoms. The Morgan fingerprint density at radius 3 is 2.82 bits per heavy atom. The maximum Gasteiger partial charge on any atom is 0.338 e. The average Bonchev–Trinajstić information content (AvgIpc) is 2.60. The summed E-state index contributed by atoms with van der Waals surface area (Å²) in [7, 11) is 0. The molecule has 148 valence electrons. The zero-order valence-corrected chi connectivity index (χ0v) is 17.5. The Hall–Kier alpha value is -2.60. The van der Waals surface area contributed by atoms with Crippen molar-refractivity contribution in [1.29, 1.82) is 0 Å². The molecular formula is C22H26N2O3S. The molecule has 1 atom stereocenters. The van der Waals surface area contributed by atoms with Gasteiger partial charge < -0.3 is 20.1 Å². The second-order valence-corrected chi connectivity index (χ2v) is 7.97. The predicted molar refractivity (Wildman–Crippen MR) is 115 cm³/mol. The highest BCUT2D eigenvalue weighted by Gasteiger charge is 2.34. The SMILES string of the molecule is CCOC(=O)c1cccc(NC(=S)NC2CC(C)(C)Oc3cc(C)ccc32)c1. The number of carbonyl (C=O) groups excluding carboxylic acids is 1. The number of fused-ring (bicyclic) bond motifs is 1. The highest BCUT2D eigenvalue weighted by molar-refractivity contribution is 7.80. The number of esters is 1. The molecule has 28 heavy (non-hydrogen) atoms. The summed E-state index contributed by atoms with van der Waals surface area (Å²) in [5.41, 5.74) is 3.18. The van der Waals surface area contributed by atoms with Crippen LogP contribution in [0, 0.1) is 6.92 Å². The summed E-state index contributed by atoms with van der Waals surface area (Å²) in [6.07, 6.45) is 0.785. The van der Waals surface area contributed by atoms with Crippen LogP contribution in [0.2, 0.25) is 0 Å². The van der Waals surface area contributed by atoms with Crippen LogP contribution >= 0.6 is 12.2 Å². The summed E-state index contributed by atoms with van der Waals surface area (Å²) in [6.45, 7) is 8.33. The van der Waals surface area contributed by atoms with Gasteiger partial charge in [-0.2, -0.15) is 0 Å². The van der Waals surface area contributed by atoms with Crippen LogP contribution in [0.3, 0.4) is 0 Å². The van der Waals surface area contributed by atoms with E-state index in [4.69, 9.17) is 21.7 Å². The second kappa shape index (κ2) is 8.19. The molecule has 1 aliphatic heterocycles. The summed E-state index contributed by atoms with van der Waals surface area (Å²) in [6, 6.07) is 13.4. The predicted octanol–water partition coefficient (Wildman–Crippen LogP) is 4.76. The standard InChI is InChI=1S/C22H26N2O3S/c1-5-26-20(25)15-7-6-8-16(12-15)23-21(28)24-18-13-22(3,4)27-19-11-14(2)9-10-17(18)19/h6-12,18H,5,13H2,1-4H3,(H2,23,24,28). The number of hydrogen-bond donors (Lipinski definition) is 2. The zero-order chi connectivity index (χ0) is 20.3. The van der Waals surface area contributed by atoms with Crippen LogP contribution in [0.4, 0.5) is 5.69 Å². The first-order valence-corrected chi connectivity index (χ1v) is 9.82. The van der Waals surface area contributed by atoms with Crippen molar-refractivity contribution >= 4 is 29.0 Å². The van der Waals surface area contributed by atoms with E-state index < -0.39 is 0 Å². The Bertz CT molecular complexity index is 895. The lowest BCUT2D eigenvalue weighted by molar-refractivity contribution is 0.0526. The monoisotopic (exact) mass is 398 g/mol. The largest absolute Gasteiger partial charge is 0.487 e. The van der Waals surface area contributed by atoms with E-state index in [0.29, 0.717) is 17.3 Å². The van der Waals surface area contributed by atoms with E-state index >= 15 is 0 Å². The molecule has 1 heterocycles. The van der Waals surface area contributed by atoms with Gasteiger partial charge in [0.2, 0.25) is 0 Å². The normalized spacial score (nSPS) is 17.1. The van der Waals surface area contributed by atoms with Crippen LogP contribution in [0.5, 0.6) is 5.75 Å². The Balaban J connectivity index is 1.73. The van der Waals surface area contributed by atoms with Gasteiger partial charge in [0, 0.05) is 17.7 Å². The number of nitrogens with one attached hydrogen (secondary N) is 2. The van der Waals surface area contributed by atoms with Crippen molar-refractivity contribution in [3.8, 4) is 5.75 Å². The van der Waals surface area contributed by atoms with E-state index in [0.717, 1.165) is 29.0 Å². The van der Waals surface area contributed by atoms with Gasteiger partial charge in [0.1, 0.15) is 11.4 Å². The molecular weight excluding hydrogens is 372 g/mol. The molecule has 1 unspecified atom stereocenters. The fourth-order valence-electron chi connectivity index (χ4n) is 3.35. The Morgan fingerprint density at radius 2 is 2.07 bits per heavy atom. The van der Waals surface area contributed by atoms with E-state index in [9.17, 15) is 4.79 Å². The topological polar surface area (TPSA) is 59.6 Å². The van der Waals surface area contributed by atoms with E-state index in [1.807, 2.05) is 6.07 Å². The van der Waals surface area contributed by atoms with Gasteiger partial charge in [-0.05, 0) is 69.7 Å². The van der Waals surface area contributed by atoms with E-state index in [-0.39, 0.29) is 17.6 Å². The number of ether oxygens (including phenoxy) is 2. The molecule has 0 bridgehead atoms. The molecule has 6 heteroatoms. The quantitative estimate of drug-likeness (QED) is 0.572. The van der Waals surface area contributed by atoms with Crippen molar-refractivity contribution in [1.82, 2.24) is 5.32 Å². The Labute approximate surface area is 171 Å². The average molecular weight is 399 g/mol. The molecule has 2 aromatic carbocycles. The van der Waals surface area contributed by atoms with Crippen LogP contribution in [0.1, 0.15) is 54.7 Å². The Kier molecular flexibility index (Phi) is 5.89. The van der Waals surface area contributed by atoms with Crippen molar-refractivity contribution in [2.45, 2.75) is 45.8 Å². The third-order valence-corrected chi connectivity index (χ3v) is 4.78. The molecule has 0 radical (unpaired) electrons. The number of carbonyl (C=O) groups is 1. The van der Waals surface area contributed by atoms with Gasteiger partial charge in [0.15, 0.2) is 5.11 Å². The molecule has 0 amide bonds. The van der Waals surface area contributed by atoms with Crippen molar-refractivity contribution in [3.63, 3.8) is 0 Å². The minimum atomic E-state index is -0.347. The highest BCUT2D eigenvalue weighted by Crippen LogP contribution is 2.39. The number of hydrogen-bond acceptors (Lipinski definition) is 4. The molecule has 0 saturated heterocycles. The fraction of sp³-hybridized carbons (Fsp3) is 0.364. The first-order valence-electron chi connectivity index (χ1n) is 9.41. The summed E-state index contributed by atoms with van der Waals surface area (Å²) < 4.78 is 11.2. The minimum Gasteiger partial charge on any atom is -0.487 e. The molecule has 1 aliphatic rings. The van der Waals surface area contributed by atoms with Crippen molar-refractivity contribution in [2.75, 3.05) is 11.9 Å². The summed E-state index contributed by atoms with van der Waals surface area (Å²) in [4.78, 5) is 11.9. The number of aryl methyl sites for hydroxylation is 1. The second-order valence-electron chi connectivity index (χ2n) is 7.56. The van der Waals surface area contributed by atoms with E-state index in [2.05, 4.69) is 49.6 Å². The summed E-state index contributed by atoms with van der Waals surface area (Å²) in [5, 5.41) is 7.06. The lowest BCUT2D eigenvalue weighted by Gasteiger charge is -2.38. The van der Waals surface area contributed by atoms with Gasteiger partial charge in [-0.3, -0.25) is 0 Å². The van der Waals surface area contributed by atoms with Gasteiger partial charge in [0.25, 0.3) is 0 Å². The molecule has 2 N–H and O–H groups in total. The lowest BCUT2D eigenvalue weighted by Crippen LogP contribution is -2.42. The summed E-state index contributed by atoms with van der Waals surface area (Å²) >= 11 is 5.53. The van der Waals surface area contributed by atoms with Crippen molar-refractivity contribution in [2.24, 2.45) is 0 Å². The third-order valence-electron chi connectivity index (χ3n) is 4.56. The molecule has 2 aromatic rings. The molecule has 0 fully saturated rings. The van der Waals surface area contributed by atoms with Gasteiger partial charge in [-0.15, -0.1) is 0 Å². The smallest absolute Gasteiger partial charge is 0.338 e. The first kappa shape index (κ1) is 20.1. The van der Waals surface area contributed by atoms with Crippen LogP contribution in [0.15, 0.2) is 42.5 Å². The molecule has 0 saturated carbocycles. The van der Waals surface area contributed by atoms with Crippen LogP contribution in [-0.4, -0.2) is 23.3 Å². The molecule has 0 aliphatic carbocycles. The number of thiocarbonyl (C=S) groups is 1. The van der Waals surface area contributed by atoms with Gasteiger partial charge in [-0.1, -0.05) is 18.2 Å². The van der Waals surface area contributed by atoms with Crippen molar-refractivity contribution in [3.05, 3.63) is 59.2 Å². The third kappa shape index (κ3) is 4.81. The number of anilines is 1. The fourth-order valence-corrected chi connectivity index (χ4v) is 3.61. The highest BCUT2D eigenvalue weighted by atomic mass is 32.1. The molecule has 0 aromatic heterocycles. The zero-order valence-electron chi connectivity index (χ0n) is 16.7. The number of rotatable bonds is 4. The summed E-state index contributed by atoms with van der Waals surface area (Å²) in [5.74, 6) is 0.543. The Morgan fingerprint density at radius 1 is 1.29 bits per heavy atom. The van der Waals surface area contributed by atoms with E-state index in [1.165, 1.54) is 0 Å². The van der Waals surface area contributed by atoms with Gasteiger partial charge in [-0.25, -0.2) is 4.79 Å². The van der Waals surface area contributed by atoms with Crippen molar-refractivity contribution < 1.29 is 14.3 Å². The van der Waals surface area contributed by atoms with Gasteiger partial charge >= 0.3 is 5.97 Å². The van der Waals surface area contributed by atoms with Crippen LogP contribution in [-0.2, 0) is 4.74 Å². The molecule has 3 rings (SSSR count). The first-order chi connectivity index (χ1) is 13.3. The minimum absolute atomic E-state index is 0.0348. The van der Waals surface area contributed by atoms with Crippen LogP contribution < -0.4 is 15.4 Å². The maximum atomic E-state index is 11.9. The molecule has 5 nitrogen and oxygen atoms in total.